The number of aldehydes is 1. The van der Waals surface area contributed by atoms with E-state index in [1.807, 2.05) is 55.6 Å². The molecule has 1 amide bonds. The topological polar surface area (TPSA) is 250 Å². The molecule has 0 heterocycles. The molecule has 2 rings (SSSR count). The summed E-state index contributed by atoms with van der Waals surface area (Å²) in [5.74, 6) is 1.39. The molecular formula is C36H62N12O3. The Morgan fingerprint density at radius 3 is 1.59 bits per heavy atom. The van der Waals surface area contributed by atoms with Gasteiger partial charge in [0, 0.05) is 41.6 Å². The van der Waals surface area contributed by atoms with Gasteiger partial charge in [0.25, 0.3) is 0 Å². The van der Waals surface area contributed by atoms with Gasteiger partial charge in [-0.2, -0.15) is 0 Å². The number of benzene rings is 2. The molecule has 15 heteroatoms. The summed E-state index contributed by atoms with van der Waals surface area (Å²) in [6.07, 6.45) is 1.61. The van der Waals surface area contributed by atoms with Crippen LogP contribution in [-0.2, 0) is 27.4 Å². The van der Waals surface area contributed by atoms with Crippen LogP contribution < -0.4 is 39.3 Å². The van der Waals surface area contributed by atoms with Crippen LogP contribution in [-0.4, -0.2) is 87.4 Å². The van der Waals surface area contributed by atoms with Crippen LogP contribution in [0.3, 0.4) is 0 Å². The minimum Gasteiger partial charge on any atom is -0.386 e. The van der Waals surface area contributed by atoms with Gasteiger partial charge in [0.05, 0.1) is 19.8 Å². The Kier molecular flexibility index (Phi) is 23.0. The summed E-state index contributed by atoms with van der Waals surface area (Å²) in [7, 11) is 1.91. The van der Waals surface area contributed by atoms with Gasteiger partial charge in [-0.3, -0.25) is 9.69 Å². The third kappa shape index (κ3) is 22.6. The molecule has 15 nitrogen and oxygen atoms in total. The van der Waals surface area contributed by atoms with Crippen LogP contribution >= 0.6 is 0 Å². The Balaban J connectivity index is 0.000000736. The predicted octanol–water partition coefficient (Wildman–Crippen LogP) is 1.87. The maximum Gasteiger partial charge on any atom is 0.207 e. The van der Waals surface area contributed by atoms with E-state index in [-0.39, 0.29) is 10.8 Å². The average molecular weight is 711 g/mol. The van der Waals surface area contributed by atoms with Crippen LogP contribution in [0.4, 0.5) is 0 Å². The van der Waals surface area contributed by atoms with Gasteiger partial charge in [-0.25, -0.2) is 0 Å². The fourth-order valence-electron chi connectivity index (χ4n) is 4.06. The van der Waals surface area contributed by atoms with E-state index in [1.54, 1.807) is 13.8 Å². The van der Waals surface area contributed by atoms with Gasteiger partial charge in [-0.1, -0.05) is 83.1 Å². The zero-order valence-corrected chi connectivity index (χ0v) is 31.8. The minimum absolute atomic E-state index is 0.0311. The molecule has 0 bridgehead atoms. The van der Waals surface area contributed by atoms with Crippen molar-refractivity contribution in [3.63, 3.8) is 0 Å². The predicted molar refractivity (Wildman–Crippen MR) is 210 cm³/mol. The van der Waals surface area contributed by atoms with Crippen molar-refractivity contribution in [1.82, 2.24) is 15.5 Å². The lowest BCUT2D eigenvalue weighted by atomic mass is 9.92. The lowest BCUT2D eigenvalue weighted by Crippen LogP contribution is -2.39. The number of rotatable bonds is 19. The van der Waals surface area contributed by atoms with Gasteiger partial charge < -0.3 is 48.8 Å². The summed E-state index contributed by atoms with van der Waals surface area (Å²) < 4.78 is 5.78. The Hall–Kier alpha value is -4.70. The number of carbonyl (C=O) groups excluding carboxylic acids is 2. The molecule has 0 aliphatic rings. The molecule has 284 valence electrons. The van der Waals surface area contributed by atoms with Crippen LogP contribution in [0.15, 0.2) is 68.9 Å². The number of ether oxygens (including phenoxy) is 1. The highest BCUT2D eigenvalue weighted by atomic mass is 16.5. The van der Waals surface area contributed by atoms with Crippen molar-refractivity contribution in [3.8, 4) is 0 Å². The Morgan fingerprint density at radius 1 is 0.765 bits per heavy atom. The summed E-state index contributed by atoms with van der Waals surface area (Å²) in [4.78, 5) is 22.8. The third-order valence-electron chi connectivity index (χ3n) is 6.87. The Bertz CT molecular complexity index is 1400. The standard InChI is InChI=1S/C14H30N2O2.C11H15N5O.C11H17N5/c1-6-16(7-8-17)10-14(4,5)12-18-11-13(2,3)9-15;1-8(12)15-16-11(13)10-4-2-9(3-5-10)6-14-7-17;1-8(12)15-16-11(13)10-5-3-9(4-6-10)7-14-2/h8H,6-7,9-12,15H2,1-5H3;2-5,7H,6H2,1H3,(H2,12,15)(H2,13,16)(H,14,17);3-6,14H,7H2,1-2H3,(H2,12,15)(H2,13,16). The molecule has 0 saturated carbocycles. The van der Waals surface area contributed by atoms with Crippen molar-refractivity contribution < 1.29 is 14.3 Å². The van der Waals surface area contributed by atoms with Crippen molar-refractivity contribution >= 4 is 36.0 Å². The lowest BCUT2D eigenvalue weighted by Gasteiger charge is -2.32. The Labute approximate surface area is 304 Å². The van der Waals surface area contributed by atoms with E-state index in [9.17, 15) is 9.59 Å². The summed E-state index contributed by atoms with van der Waals surface area (Å²) in [6, 6.07) is 15.1. The number of nitrogens with zero attached hydrogens (tertiary/aromatic N) is 5. The Morgan fingerprint density at radius 2 is 1.22 bits per heavy atom. The molecule has 0 radical (unpaired) electrons. The second-order valence-electron chi connectivity index (χ2n) is 13.4. The maximum atomic E-state index is 10.6. The summed E-state index contributed by atoms with van der Waals surface area (Å²) in [5, 5.41) is 20.6. The molecule has 12 N–H and O–H groups in total. The molecule has 0 spiro atoms. The van der Waals surface area contributed by atoms with Gasteiger partial charge in [-0.15, -0.1) is 20.4 Å². The second kappa shape index (κ2) is 25.3. The molecule has 0 fully saturated rings. The number of carbonyl (C=O) groups is 2. The first-order valence-corrected chi connectivity index (χ1v) is 16.7. The average Bonchev–Trinajstić information content (AvgIpc) is 3.09. The number of likely N-dealkylation sites (N-methyl/N-ethyl adjacent to an activating group) is 1. The van der Waals surface area contributed by atoms with Crippen LogP contribution in [0.1, 0.15) is 70.7 Å². The molecular weight excluding hydrogens is 648 g/mol. The smallest absolute Gasteiger partial charge is 0.207 e. The van der Waals surface area contributed by atoms with E-state index < -0.39 is 0 Å². The number of nitrogens with two attached hydrogens (primary N) is 5. The zero-order chi connectivity index (χ0) is 38.9. The zero-order valence-electron chi connectivity index (χ0n) is 31.8. The monoisotopic (exact) mass is 711 g/mol. The molecule has 2 aromatic rings. The van der Waals surface area contributed by atoms with Crippen LogP contribution in [0.5, 0.6) is 0 Å². The third-order valence-corrected chi connectivity index (χ3v) is 6.87. The normalized spacial score (nSPS) is 12.7. The lowest BCUT2D eigenvalue weighted by molar-refractivity contribution is -0.110. The minimum atomic E-state index is 0.0311. The largest absolute Gasteiger partial charge is 0.386 e. The van der Waals surface area contributed by atoms with Crippen molar-refractivity contribution in [1.29, 1.82) is 0 Å². The molecule has 0 aromatic heterocycles. The number of hydrogen-bond donors (Lipinski definition) is 7. The second-order valence-corrected chi connectivity index (χ2v) is 13.4. The highest BCUT2D eigenvalue weighted by Gasteiger charge is 2.23. The van der Waals surface area contributed by atoms with Crippen LogP contribution in [0.2, 0.25) is 0 Å². The number of nitrogens with one attached hydrogen (secondary N) is 2. The van der Waals surface area contributed by atoms with Gasteiger partial charge >= 0.3 is 0 Å². The van der Waals surface area contributed by atoms with Crippen molar-refractivity contribution in [3.05, 3.63) is 70.8 Å². The quantitative estimate of drug-likeness (QED) is 0.0482. The number of hydrogen-bond acceptors (Lipinski definition) is 10. The molecule has 0 aliphatic heterocycles. The first kappa shape index (κ1) is 46.3. The number of amides is 1. The first-order chi connectivity index (χ1) is 24.0. The van der Waals surface area contributed by atoms with Gasteiger partial charge in [-0.05, 0) is 45.1 Å². The van der Waals surface area contributed by atoms with E-state index in [0.29, 0.717) is 62.6 Å². The van der Waals surface area contributed by atoms with Gasteiger partial charge in [0.15, 0.2) is 11.7 Å². The maximum absolute atomic E-state index is 10.6. The number of amidine groups is 4. The van der Waals surface area contributed by atoms with Crippen molar-refractivity contribution in [2.24, 2.45) is 59.9 Å². The van der Waals surface area contributed by atoms with E-state index in [1.165, 1.54) is 5.56 Å². The highest BCUT2D eigenvalue weighted by molar-refractivity contribution is 5.98. The summed E-state index contributed by atoms with van der Waals surface area (Å²) >= 11 is 0. The first-order valence-electron chi connectivity index (χ1n) is 16.7. The molecule has 51 heavy (non-hydrogen) atoms. The SMILES string of the molecule is C/C(N)=N/N=C(\N)c1ccc(CNC=O)cc1.CCN(CC=O)CC(C)(C)COCC(C)(C)CN.CNCc1ccc(/C(N)=N/N=C(/C)N)cc1. The summed E-state index contributed by atoms with van der Waals surface area (Å²) in [5.41, 5.74) is 31.7. The van der Waals surface area contributed by atoms with Gasteiger partial charge in [0.1, 0.15) is 18.0 Å². The van der Waals surface area contributed by atoms with Crippen molar-refractivity contribution in [2.45, 2.75) is 61.6 Å². The molecule has 0 saturated heterocycles. The van der Waals surface area contributed by atoms with Crippen LogP contribution in [0, 0.1) is 10.8 Å². The highest BCUT2D eigenvalue weighted by Crippen LogP contribution is 2.20. The molecule has 0 unspecified atom stereocenters. The van der Waals surface area contributed by atoms with E-state index >= 15 is 0 Å². The van der Waals surface area contributed by atoms with Gasteiger partial charge in [0.2, 0.25) is 6.41 Å². The summed E-state index contributed by atoms with van der Waals surface area (Å²) in [6.45, 7) is 19.4. The fraction of sp³-hybridized carbons (Fsp3) is 0.500. The molecule has 2 aromatic carbocycles. The van der Waals surface area contributed by atoms with E-state index in [0.717, 1.165) is 42.6 Å². The van der Waals surface area contributed by atoms with Crippen molar-refractivity contribution in [2.75, 3.05) is 46.4 Å². The van der Waals surface area contributed by atoms with E-state index in [2.05, 4.69) is 70.6 Å². The van der Waals surface area contributed by atoms with Crippen LogP contribution in [0.25, 0.3) is 0 Å². The molecule has 0 atom stereocenters. The fourth-order valence-corrected chi connectivity index (χ4v) is 4.06. The molecule has 0 aliphatic carbocycles. The van der Waals surface area contributed by atoms with E-state index in [4.69, 9.17) is 33.4 Å².